The summed E-state index contributed by atoms with van der Waals surface area (Å²) in [5.41, 5.74) is 3.83. The third-order valence-electron chi connectivity index (χ3n) is 7.61. The van der Waals surface area contributed by atoms with E-state index in [0.29, 0.717) is 40.0 Å². The van der Waals surface area contributed by atoms with E-state index in [0.717, 1.165) is 40.2 Å². The maximum absolute atomic E-state index is 12.8. The molecular formula is C30H28BrN7O4. The van der Waals surface area contributed by atoms with E-state index in [4.69, 9.17) is 0 Å². The number of nitrogens with zero attached hydrogens (tertiary/aromatic N) is 4. The van der Waals surface area contributed by atoms with Crippen molar-refractivity contribution in [1.82, 2.24) is 19.5 Å². The number of piperazine rings is 1. The highest BCUT2D eigenvalue weighted by Gasteiger charge is 2.22. The first-order valence-electron chi connectivity index (χ1n) is 13.4. The minimum absolute atomic E-state index is 0.178. The lowest BCUT2D eigenvalue weighted by atomic mass is 10.1. The van der Waals surface area contributed by atoms with Crippen LogP contribution in [0.1, 0.15) is 16.7 Å². The molecule has 11 nitrogen and oxygen atoms in total. The van der Waals surface area contributed by atoms with Crippen LogP contribution in [-0.4, -0.2) is 57.0 Å². The molecule has 0 spiro atoms. The summed E-state index contributed by atoms with van der Waals surface area (Å²) in [4.78, 5) is 54.6. The number of hydrogen-bond acceptors (Lipinski definition) is 7. The molecule has 3 heterocycles. The normalized spacial score (nSPS) is 13.9. The quantitative estimate of drug-likeness (QED) is 0.218. The lowest BCUT2D eigenvalue weighted by Gasteiger charge is -2.37. The van der Waals surface area contributed by atoms with Crippen molar-refractivity contribution >= 4 is 50.2 Å². The average molecular weight is 631 g/mol. The van der Waals surface area contributed by atoms with Gasteiger partial charge in [-0.2, -0.15) is 0 Å². The number of aromatic hydroxyl groups is 1. The van der Waals surface area contributed by atoms with Crippen LogP contribution >= 0.6 is 15.9 Å². The summed E-state index contributed by atoms with van der Waals surface area (Å²) in [6.07, 6.45) is 1.24. The molecule has 0 atom stereocenters. The highest BCUT2D eigenvalue weighted by Crippen LogP contribution is 2.34. The summed E-state index contributed by atoms with van der Waals surface area (Å²) in [7, 11) is 0. The van der Waals surface area contributed by atoms with Crippen LogP contribution in [-0.2, 0) is 0 Å². The molecule has 0 radical (unpaired) electrons. The Bertz CT molecular complexity index is 2020. The van der Waals surface area contributed by atoms with Gasteiger partial charge >= 0.3 is 11.4 Å². The number of aryl methyl sites for hydroxylation is 2. The van der Waals surface area contributed by atoms with E-state index in [2.05, 4.69) is 57.8 Å². The highest BCUT2D eigenvalue weighted by molar-refractivity contribution is 9.10. The summed E-state index contributed by atoms with van der Waals surface area (Å²) >= 11 is 3.47. The number of benzene rings is 3. The minimum Gasteiger partial charge on any atom is -0.493 e. The maximum Gasteiger partial charge on any atom is 0.335 e. The molecule has 0 bridgehead atoms. The first-order chi connectivity index (χ1) is 20.2. The number of halogens is 1. The van der Waals surface area contributed by atoms with Gasteiger partial charge in [0.2, 0.25) is 5.88 Å². The van der Waals surface area contributed by atoms with E-state index < -0.39 is 17.1 Å². The summed E-state index contributed by atoms with van der Waals surface area (Å²) in [6, 6.07) is 17.4. The van der Waals surface area contributed by atoms with Crippen LogP contribution < -0.4 is 26.7 Å². The van der Waals surface area contributed by atoms with Gasteiger partial charge in [-0.25, -0.2) is 14.2 Å². The van der Waals surface area contributed by atoms with E-state index in [9.17, 15) is 19.5 Å². The van der Waals surface area contributed by atoms with Gasteiger partial charge in [0.1, 0.15) is 5.56 Å². The zero-order valence-corrected chi connectivity index (χ0v) is 24.5. The van der Waals surface area contributed by atoms with E-state index in [1.54, 1.807) is 12.1 Å². The van der Waals surface area contributed by atoms with Gasteiger partial charge in [0, 0.05) is 42.6 Å². The summed E-state index contributed by atoms with van der Waals surface area (Å²) in [5, 5.41) is 11.2. The molecule has 12 heteroatoms. The number of rotatable bonds is 5. The number of anilines is 2. The molecule has 214 valence electrons. The Kier molecular flexibility index (Phi) is 7.07. The summed E-state index contributed by atoms with van der Waals surface area (Å²) in [6.45, 7) is 6.80. The number of aromatic nitrogens is 4. The number of H-pyrrole nitrogens is 3. The molecule has 1 aliphatic rings. The fourth-order valence-electron chi connectivity index (χ4n) is 5.21. The number of imidazole rings is 1. The maximum atomic E-state index is 12.8. The Hall–Kier alpha value is -4.84. The van der Waals surface area contributed by atoms with Crippen LogP contribution in [0.2, 0.25) is 0 Å². The number of aromatic amines is 3. The standard InChI is InChI=1S/C30H28BrN7O4/c1-17-12-21(31)25(13-18(17)2)38-28(40)20(27(39)35-30(38)42)16-32-24-14-22-23(34-29(41)33-22)15-26(24)37-10-8-36(9-11-37)19-6-4-3-5-7-19/h3-7,12-16,40H,8-11H2,1-2H3,(H2,33,34,41)(H,35,39,42). The molecular weight excluding hydrogens is 602 g/mol. The predicted molar refractivity (Wildman–Crippen MR) is 169 cm³/mol. The Balaban J connectivity index is 1.40. The number of aliphatic imine (C=N–C) groups is 1. The smallest absolute Gasteiger partial charge is 0.335 e. The Labute approximate surface area is 247 Å². The largest absolute Gasteiger partial charge is 0.493 e. The Morgan fingerprint density at radius 1 is 0.833 bits per heavy atom. The fraction of sp³-hybridized carbons (Fsp3) is 0.200. The SMILES string of the molecule is Cc1cc(Br)c(-n2c(O)c(C=Nc3cc4[nH]c(=O)[nH]c4cc3N3CCN(c4ccccc4)CC3)c(=O)[nH]c2=O)cc1C. The second-order valence-electron chi connectivity index (χ2n) is 10.3. The molecule has 0 unspecified atom stereocenters. The Morgan fingerprint density at radius 2 is 1.48 bits per heavy atom. The molecule has 42 heavy (non-hydrogen) atoms. The Morgan fingerprint density at radius 3 is 2.19 bits per heavy atom. The van der Waals surface area contributed by atoms with Crippen molar-refractivity contribution in [3.05, 3.63) is 107 Å². The van der Waals surface area contributed by atoms with Crippen molar-refractivity contribution < 1.29 is 5.11 Å². The molecule has 2 aromatic heterocycles. The second kappa shape index (κ2) is 10.9. The molecule has 0 saturated carbocycles. The van der Waals surface area contributed by atoms with Gasteiger partial charge in [0.25, 0.3) is 5.56 Å². The van der Waals surface area contributed by atoms with Gasteiger partial charge in [-0.1, -0.05) is 18.2 Å². The fourth-order valence-corrected chi connectivity index (χ4v) is 5.85. The van der Waals surface area contributed by atoms with E-state index in [1.165, 1.54) is 6.21 Å². The molecule has 0 amide bonds. The van der Waals surface area contributed by atoms with Crippen LogP contribution in [0.15, 0.2) is 78.4 Å². The van der Waals surface area contributed by atoms with E-state index >= 15 is 0 Å². The second-order valence-corrected chi connectivity index (χ2v) is 11.1. The zero-order valence-electron chi connectivity index (χ0n) is 22.9. The third kappa shape index (κ3) is 5.05. The van der Waals surface area contributed by atoms with Crippen LogP contribution in [0.4, 0.5) is 17.1 Å². The summed E-state index contributed by atoms with van der Waals surface area (Å²) in [5.74, 6) is -0.536. The van der Waals surface area contributed by atoms with Crippen molar-refractivity contribution in [2.45, 2.75) is 13.8 Å². The van der Waals surface area contributed by atoms with Crippen LogP contribution in [0.3, 0.4) is 0 Å². The van der Waals surface area contributed by atoms with Crippen molar-refractivity contribution in [3.63, 3.8) is 0 Å². The van der Waals surface area contributed by atoms with Crippen LogP contribution in [0.25, 0.3) is 16.7 Å². The minimum atomic E-state index is -0.776. The van der Waals surface area contributed by atoms with Gasteiger partial charge in [-0.15, -0.1) is 0 Å². The van der Waals surface area contributed by atoms with Gasteiger partial charge in [-0.05, 0) is 77.3 Å². The van der Waals surface area contributed by atoms with Crippen LogP contribution in [0, 0.1) is 13.8 Å². The zero-order chi connectivity index (χ0) is 29.5. The number of hydrogen-bond donors (Lipinski definition) is 4. The molecule has 1 saturated heterocycles. The van der Waals surface area contributed by atoms with Crippen molar-refractivity contribution in [3.8, 4) is 11.6 Å². The monoisotopic (exact) mass is 629 g/mol. The lowest BCUT2D eigenvalue weighted by molar-refractivity contribution is 0.430. The van der Waals surface area contributed by atoms with Gasteiger partial charge in [-0.3, -0.25) is 14.8 Å². The van der Waals surface area contributed by atoms with E-state index in [1.807, 2.05) is 44.2 Å². The molecule has 1 aliphatic heterocycles. The number of fused-ring (bicyclic) bond motifs is 1. The first kappa shape index (κ1) is 27.3. The average Bonchev–Trinajstić information content (AvgIpc) is 3.34. The molecule has 4 N–H and O–H groups in total. The topological polar surface area (TPSA) is 143 Å². The van der Waals surface area contributed by atoms with Crippen LogP contribution in [0.5, 0.6) is 5.88 Å². The van der Waals surface area contributed by atoms with Crippen molar-refractivity contribution in [2.75, 3.05) is 36.0 Å². The van der Waals surface area contributed by atoms with Gasteiger partial charge < -0.3 is 24.9 Å². The highest BCUT2D eigenvalue weighted by atomic mass is 79.9. The third-order valence-corrected chi connectivity index (χ3v) is 8.25. The van der Waals surface area contributed by atoms with E-state index in [-0.39, 0.29) is 11.3 Å². The number of para-hydroxylation sites is 1. The predicted octanol–water partition coefficient (Wildman–Crippen LogP) is 3.86. The molecule has 6 rings (SSSR count). The van der Waals surface area contributed by atoms with Crippen molar-refractivity contribution in [1.29, 1.82) is 0 Å². The molecule has 1 fully saturated rings. The molecule has 0 aliphatic carbocycles. The first-order valence-corrected chi connectivity index (χ1v) is 14.2. The molecule has 3 aromatic carbocycles. The lowest BCUT2D eigenvalue weighted by Crippen LogP contribution is -2.46. The number of nitrogens with one attached hydrogen (secondary N) is 3. The summed E-state index contributed by atoms with van der Waals surface area (Å²) < 4.78 is 1.62. The van der Waals surface area contributed by atoms with Crippen molar-refractivity contribution in [2.24, 2.45) is 4.99 Å². The molecule has 5 aromatic rings. The van der Waals surface area contributed by atoms with Gasteiger partial charge in [0.15, 0.2) is 0 Å². The van der Waals surface area contributed by atoms with Gasteiger partial charge in [0.05, 0.1) is 28.1 Å².